The summed E-state index contributed by atoms with van der Waals surface area (Å²) in [6, 6.07) is 20.1. The molecule has 2 fully saturated rings. The molecule has 0 spiro atoms. The number of rotatable bonds is 4. The van der Waals surface area contributed by atoms with Crippen molar-refractivity contribution in [1.29, 1.82) is 0 Å². The van der Waals surface area contributed by atoms with Gasteiger partial charge in [-0.05, 0) is 18.1 Å². The number of ether oxygens (including phenoxy) is 1. The Morgan fingerprint density at radius 3 is 2.67 bits per heavy atom. The van der Waals surface area contributed by atoms with Gasteiger partial charge in [-0.25, -0.2) is 5.43 Å². The van der Waals surface area contributed by atoms with Gasteiger partial charge < -0.3 is 4.74 Å². The van der Waals surface area contributed by atoms with Crippen LogP contribution in [-0.2, 0) is 6.54 Å². The standard InChI is InChI=1S/C20H25N3O/c1-24-19-10-6-5-9-16(19)13-23-12-11-18-17(14-23)20(22-21-18)15-7-3-2-4-8-15/h2-10,17-18,20-22H,11-14H2,1H3. The summed E-state index contributed by atoms with van der Waals surface area (Å²) in [5, 5.41) is 0. The third-order valence-electron chi connectivity index (χ3n) is 5.34. The first-order chi connectivity index (χ1) is 11.8. The molecule has 4 heteroatoms. The smallest absolute Gasteiger partial charge is 0.123 e. The average Bonchev–Trinajstić information content (AvgIpc) is 3.06. The number of para-hydroxylation sites is 1. The van der Waals surface area contributed by atoms with Gasteiger partial charge in [-0.1, -0.05) is 48.5 Å². The molecule has 3 unspecified atom stereocenters. The van der Waals surface area contributed by atoms with E-state index in [0.29, 0.717) is 18.0 Å². The van der Waals surface area contributed by atoms with E-state index in [2.05, 4.69) is 58.2 Å². The van der Waals surface area contributed by atoms with E-state index in [-0.39, 0.29) is 0 Å². The first-order valence-corrected chi connectivity index (χ1v) is 8.75. The Balaban J connectivity index is 1.48. The van der Waals surface area contributed by atoms with E-state index in [9.17, 15) is 0 Å². The highest BCUT2D eigenvalue weighted by molar-refractivity contribution is 5.33. The van der Waals surface area contributed by atoms with Gasteiger partial charge in [0.2, 0.25) is 0 Å². The maximum atomic E-state index is 5.51. The van der Waals surface area contributed by atoms with Gasteiger partial charge in [0, 0.05) is 37.2 Å². The van der Waals surface area contributed by atoms with Crippen molar-refractivity contribution in [3.63, 3.8) is 0 Å². The molecule has 0 saturated carbocycles. The van der Waals surface area contributed by atoms with Gasteiger partial charge in [-0.3, -0.25) is 10.3 Å². The lowest BCUT2D eigenvalue weighted by Gasteiger charge is -2.36. The number of nitrogens with one attached hydrogen (secondary N) is 2. The number of nitrogens with zero attached hydrogens (tertiary/aromatic N) is 1. The number of hydrogen-bond donors (Lipinski definition) is 2. The molecule has 0 radical (unpaired) electrons. The normalized spacial score (nSPS) is 27.0. The van der Waals surface area contributed by atoms with Crippen molar-refractivity contribution in [1.82, 2.24) is 15.8 Å². The lowest BCUT2D eigenvalue weighted by atomic mass is 9.85. The molecule has 2 aliphatic rings. The zero-order valence-electron chi connectivity index (χ0n) is 14.1. The summed E-state index contributed by atoms with van der Waals surface area (Å²) in [4.78, 5) is 2.56. The van der Waals surface area contributed by atoms with E-state index in [0.717, 1.165) is 25.4 Å². The Morgan fingerprint density at radius 2 is 1.83 bits per heavy atom. The lowest BCUT2D eigenvalue weighted by Crippen LogP contribution is -2.45. The van der Waals surface area contributed by atoms with Gasteiger partial charge >= 0.3 is 0 Å². The zero-order chi connectivity index (χ0) is 16.4. The molecule has 0 aliphatic carbocycles. The Labute approximate surface area is 143 Å². The van der Waals surface area contributed by atoms with Crippen molar-refractivity contribution in [2.24, 2.45) is 5.92 Å². The van der Waals surface area contributed by atoms with Crippen molar-refractivity contribution in [2.45, 2.75) is 25.0 Å². The third kappa shape index (κ3) is 3.05. The van der Waals surface area contributed by atoms with Crippen molar-refractivity contribution < 1.29 is 4.74 Å². The fourth-order valence-corrected chi connectivity index (χ4v) is 4.08. The number of fused-ring (bicyclic) bond motifs is 1. The van der Waals surface area contributed by atoms with Crippen LogP contribution in [0.15, 0.2) is 54.6 Å². The van der Waals surface area contributed by atoms with E-state index < -0.39 is 0 Å². The van der Waals surface area contributed by atoms with E-state index >= 15 is 0 Å². The summed E-state index contributed by atoms with van der Waals surface area (Å²) in [5.41, 5.74) is 9.68. The zero-order valence-corrected chi connectivity index (χ0v) is 14.1. The van der Waals surface area contributed by atoms with Crippen LogP contribution >= 0.6 is 0 Å². The van der Waals surface area contributed by atoms with E-state index in [1.54, 1.807) is 7.11 Å². The summed E-state index contributed by atoms with van der Waals surface area (Å²) in [6.07, 6.45) is 1.18. The lowest BCUT2D eigenvalue weighted by molar-refractivity contribution is 0.147. The van der Waals surface area contributed by atoms with Crippen LogP contribution in [0.5, 0.6) is 5.75 Å². The molecule has 0 bridgehead atoms. The van der Waals surface area contributed by atoms with Crippen LogP contribution in [0.1, 0.15) is 23.6 Å². The Morgan fingerprint density at radius 1 is 1.04 bits per heavy atom. The second-order valence-electron chi connectivity index (χ2n) is 6.78. The molecule has 4 rings (SSSR count). The van der Waals surface area contributed by atoms with Crippen molar-refractivity contribution in [3.8, 4) is 5.75 Å². The van der Waals surface area contributed by atoms with Gasteiger partial charge in [-0.15, -0.1) is 0 Å². The average molecular weight is 323 g/mol. The summed E-state index contributed by atoms with van der Waals surface area (Å²) in [7, 11) is 1.75. The molecule has 2 aromatic carbocycles. The number of benzene rings is 2. The quantitative estimate of drug-likeness (QED) is 0.907. The molecule has 2 heterocycles. The second kappa shape index (κ2) is 6.93. The predicted molar refractivity (Wildman–Crippen MR) is 95.6 cm³/mol. The van der Waals surface area contributed by atoms with Crippen LogP contribution in [0.4, 0.5) is 0 Å². The summed E-state index contributed by atoms with van der Waals surface area (Å²) < 4.78 is 5.51. The first-order valence-electron chi connectivity index (χ1n) is 8.75. The number of hydrazine groups is 1. The molecule has 0 amide bonds. The van der Waals surface area contributed by atoms with E-state index in [1.165, 1.54) is 17.5 Å². The minimum Gasteiger partial charge on any atom is -0.496 e. The van der Waals surface area contributed by atoms with Crippen molar-refractivity contribution >= 4 is 0 Å². The fraction of sp³-hybridized carbons (Fsp3) is 0.400. The van der Waals surface area contributed by atoms with Crippen molar-refractivity contribution in [3.05, 3.63) is 65.7 Å². The van der Waals surface area contributed by atoms with Gasteiger partial charge in [0.1, 0.15) is 5.75 Å². The van der Waals surface area contributed by atoms with Gasteiger partial charge in [0.25, 0.3) is 0 Å². The molecular formula is C20H25N3O. The minimum absolute atomic E-state index is 0.386. The highest BCUT2D eigenvalue weighted by Crippen LogP contribution is 2.34. The molecule has 2 aromatic rings. The Bertz CT molecular complexity index is 676. The molecule has 2 saturated heterocycles. The summed E-state index contributed by atoms with van der Waals surface area (Å²) in [6.45, 7) is 3.17. The maximum absolute atomic E-state index is 5.51. The number of piperidine rings is 1. The van der Waals surface area contributed by atoms with Gasteiger partial charge in [0.05, 0.1) is 13.2 Å². The summed E-state index contributed by atoms with van der Waals surface area (Å²) >= 11 is 0. The fourth-order valence-electron chi connectivity index (χ4n) is 4.08. The molecular weight excluding hydrogens is 298 g/mol. The monoisotopic (exact) mass is 323 g/mol. The molecule has 24 heavy (non-hydrogen) atoms. The highest BCUT2D eigenvalue weighted by Gasteiger charge is 2.40. The highest BCUT2D eigenvalue weighted by atomic mass is 16.5. The molecule has 2 N–H and O–H groups in total. The molecule has 2 aliphatic heterocycles. The van der Waals surface area contributed by atoms with Crippen LogP contribution in [0.2, 0.25) is 0 Å². The third-order valence-corrected chi connectivity index (χ3v) is 5.34. The maximum Gasteiger partial charge on any atom is 0.123 e. The van der Waals surface area contributed by atoms with Gasteiger partial charge in [0.15, 0.2) is 0 Å². The molecule has 0 aromatic heterocycles. The van der Waals surface area contributed by atoms with Crippen LogP contribution in [-0.4, -0.2) is 31.1 Å². The molecule has 126 valence electrons. The SMILES string of the molecule is COc1ccccc1CN1CCC2NNC(c3ccccc3)C2C1. The van der Waals surface area contributed by atoms with Crippen LogP contribution in [0.3, 0.4) is 0 Å². The number of likely N-dealkylation sites (tertiary alicyclic amines) is 1. The first kappa shape index (κ1) is 15.6. The number of methoxy groups -OCH3 is 1. The Kier molecular flexibility index (Phi) is 4.52. The summed E-state index contributed by atoms with van der Waals surface area (Å²) in [5.74, 6) is 1.58. The predicted octanol–water partition coefficient (Wildman–Crippen LogP) is 2.73. The number of hydrogen-bond acceptors (Lipinski definition) is 4. The molecule has 4 nitrogen and oxygen atoms in total. The molecule has 3 atom stereocenters. The second-order valence-corrected chi connectivity index (χ2v) is 6.78. The largest absolute Gasteiger partial charge is 0.496 e. The minimum atomic E-state index is 0.386. The Hall–Kier alpha value is -1.88. The van der Waals surface area contributed by atoms with E-state index in [1.807, 2.05) is 12.1 Å². The topological polar surface area (TPSA) is 36.5 Å². The van der Waals surface area contributed by atoms with Gasteiger partial charge in [-0.2, -0.15) is 0 Å². The van der Waals surface area contributed by atoms with Crippen LogP contribution < -0.4 is 15.6 Å². The van der Waals surface area contributed by atoms with Crippen LogP contribution in [0, 0.1) is 5.92 Å². The van der Waals surface area contributed by atoms with Crippen molar-refractivity contribution in [2.75, 3.05) is 20.2 Å². The van der Waals surface area contributed by atoms with Crippen LogP contribution in [0.25, 0.3) is 0 Å². The van der Waals surface area contributed by atoms with E-state index in [4.69, 9.17) is 4.74 Å².